The second-order valence-corrected chi connectivity index (χ2v) is 24.9. The van der Waals surface area contributed by atoms with Crippen LogP contribution in [0.3, 0.4) is 0 Å². The molecule has 11 fully saturated rings. The minimum Gasteiger partial charge on any atom is -0.381 e. The first-order valence-corrected chi connectivity index (χ1v) is 27.1. The number of fused-ring (bicyclic) bond motifs is 5. The zero-order valence-electron chi connectivity index (χ0n) is 43.5. The van der Waals surface area contributed by atoms with Crippen LogP contribution >= 0.6 is 0 Å². The summed E-state index contributed by atoms with van der Waals surface area (Å²) in [5.74, 6) is 12.4. The molecule has 63 heavy (non-hydrogen) atoms. The van der Waals surface area contributed by atoms with Crippen molar-refractivity contribution in [1.82, 2.24) is 0 Å². The van der Waals surface area contributed by atoms with E-state index in [0.717, 1.165) is 114 Å². The molecule has 9 saturated carbocycles. The lowest BCUT2D eigenvalue weighted by atomic mass is 9.41. The lowest BCUT2D eigenvalue weighted by Crippen LogP contribution is -2.54. The molecule has 0 atom stereocenters. The normalized spacial score (nSPS) is 31.0. The molecule has 6 bridgehead atoms. The molecular weight excluding hydrogens is 765 g/mol. The second-order valence-electron chi connectivity index (χ2n) is 24.9. The first-order chi connectivity index (χ1) is 28.9. The molecule has 0 aromatic heterocycles. The van der Waals surface area contributed by atoms with Crippen LogP contribution in [0.1, 0.15) is 245 Å². The molecule has 1 aromatic rings. The van der Waals surface area contributed by atoms with Gasteiger partial charge in [-0.05, 0) is 196 Å². The van der Waals surface area contributed by atoms with Gasteiger partial charge in [0.2, 0.25) is 0 Å². The van der Waals surface area contributed by atoms with E-state index in [9.17, 15) is 0 Å². The van der Waals surface area contributed by atoms with Gasteiger partial charge in [-0.3, -0.25) is 0 Å². The molecule has 2 heterocycles. The van der Waals surface area contributed by atoms with Gasteiger partial charge in [-0.1, -0.05) is 161 Å². The van der Waals surface area contributed by atoms with Crippen LogP contribution in [0.5, 0.6) is 0 Å². The summed E-state index contributed by atoms with van der Waals surface area (Å²) >= 11 is 0. The van der Waals surface area contributed by atoms with Gasteiger partial charge in [0.05, 0.1) is 13.2 Å². The number of hydrogen-bond donors (Lipinski definition) is 0. The Kier molecular flexibility index (Phi) is 25.7. The largest absolute Gasteiger partial charge is 0.381 e. The predicted octanol–water partition coefficient (Wildman–Crippen LogP) is 19.2. The molecule has 1 aromatic carbocycles. The van der Waals surface area contributed by atoms with Crippen molar-refractivity contribution in [3.05, 3.63) is 35.9 Å². The Bertz CT molecular complexity index is 1230. The number of hydrogen-bond acceptors (Lipinski definition) is 2. The minimum atomic E-state index is 0. The van der Waals surface area contributed by atoms with Gasteiger partial charge in [-0.15, -0.1) is 0 Å². The van der Waals surface area contributed by atoms with E-state index in [4.69, 9.17) is 9.47 Å². The van der Waals surface area contributed by atoms with Crippen molar-refractivity contribution in [2.45, 2.75) is 240 Å². The lowest BCUT2D eigenvalue weighted by molar-refractivity contribution is -0.141. The molecule has 2 nitrogen and oxygen atoms in total. The quantitative estimate of drug-likeness (QED) is 0.272. The predicted molar refractivity (Wildman–Crippen MR) is 281 cm³/mol. The molecule has 11 aliphatic rings. The van der Waals surface area contributed by atoms with Gasteiger partial charge in [-0.25, -0.2) is 0 Å². The highest BCUT2D eigenvalue weighted by Crippen LogP contribution is 2.68. The van der Waals surface area contributed by atoms with E-state index in [0.29, 0.717) is 5.92 Å². The fourth-order valence-electron chi connectivity index (χ4n) is 12.4. The summed E-state index contributed by atoms with van der Waals surface area (Å²) in [6.45, 7) is 36.5. The lowest BCUT2D eigenvalue weighted by Gasteiger charge is -2.64. The molecule has 0 unspecified atom stereocenters. The van der Waals surface area contributed by atoms with Gasteiger partial charge < -0.3 is 9.47 Å². The maximum Gasteiger partial charge on any atom is 0.0518 e. The zero-order valence-corrected chi connectivity index (χ0v) is 43.5. The van der Waals surface area contributed by atoms with Crippen molar-refractivity contribution in [3.63, 3.8) is 0 Å². The molecule has 0 spiro atoms. The summed E-state index contributed by atoms with van der Waals surface area (Å²) in [5.41, 5.74) is 3.88. The molecule has 0 radical (unpaired) electrons. The van der Waals surface area contributed by atoms with Crippen LogP contribution in [0.15, 0.2) is 30.3 Å². The van der Waals surface area contributed by atoms with Crippen LogP contribution in [0.4, 0.5) is 0 Å². The van der Waals surface area contributed by atoms with E-state index in [1.807, 2.05) is 6.07 Å². The van der Waals surface area contributed by atoms with Gasteiger partial charge in [-0.2, -0.15) is 0 Å². The molecule has 2 heteroatoms. The Morgan fingerprint density at radius 3 is 0.984 bits per heavy atom. The Hall–Kier alpha value is -0.860. The third-order valence-electron chi connectivity index (χ3n) is 19.1. The molecule has 12 rings (SSSR count). The first-order valence-electron chi connectivity index (χ1n) is 27.1. The van der Waals surface area contributed by atoms with E-state index >= 15 is 0 Å². The average Bonchev–Trinajstić information content (AvgIpc) is 3.79. The van der Waals surface area contributed by atoms with E-state index in [2.05, 4.69) is 121 Å². The number of rotatable bonds is 7. The Labute approximate surface area is 397 Å². The Balaban J connectivity index is 0.000000253. The van der Waals surface area contributed by atoms with Crippen LogP contribution in [0.2, 0.25) is 0 Å². The Morgan fingerprint density at radius 2 is 0.810 bits per heavy atom. The van der Waals surface area contributed by atoms with Crippen molar-refractivity contribution in [2.24, 2.45) is 87.3 Å². The van der Waals surface area contributed by atoms with Gasteiger partial charge >= 0.3 is 0 Å². The third kappa shape index (κ3) is 17.3. The monoisotopic (exact) mass is 879 g/mol. The molecule has 2 saturated heterocycles. The number of ether oxygens (including phenoxy) is 2. The average molecular weight is 880 g/mol. The molecule has 9 aliphatic carbocycles. The van der Waals surface area contributed by atoms with Crippen LogP contribution in [-0.2, 0) is 9.47 Å². The van der Waals surface area contributed by atoms with Crippen molar-refractivity contribution < 1.29 is 9.47 Å². The molecule has 0 N–H and O–H groups in total. The maximum absolute atomic E-state index is 5.25. The molecule has 0 amide bonds. The fraction of sp³-hybridized carbons (Fsp3) is 0.902. The topological polar surface area (TPSA) is 18.5 Å². The summed E-state index contributed by atoms with van der Waals surface area (Å²) < 4.78 is 10.2. The van der Waals surface area contributed by atoms with Crippen molar-refractivity contribution in [1.29, 1.82) is 0 Å². The van der Waals surface area contributed by atoms with Gasteiger partial charge in [0.25, 0.3) is 0 Å². The highest BCUT2D eigenvalue weighted by Gasteiger charge is 2.57. The second kappa shape index (κ2) is 27.8. The van der Waals surface area contributed by atoms with Crippen molar-refractivity contribution >= 4 is 0 Å². The first kappa shape index (κ1) is 58.3. The third-order valence-corrected chi connectivity index (χ3v) is 19.1. The van der Waals surface area contributed by atoms with E-state index in [1.54, 1.807) is 25.7 Å². The van der Waals surface area contributed by atoms with E-state index in [1.165, 1.54) is 102 Å². The summed E-state index contributed by atoms with van der Waals surface area (Å²) in [6.07, 6.45) is 28.7. The van der Waals surface area contributed by atoms with Gasteiger partial charge in [0.1, 0.15) is 0 Å². The van der Waals surface area contributed by atoms with Crippen molar-refractivity contribution in [3.8, 4) is 0 Å². The van der Waals surface area contributed by atoms with Gasteiger partial charge in [0.15, 0.2) is 0 Å². The van der Waals surface area contributed by atoms with E-state index in [-0.39, 0.29) is 14.9 Å². The zero-order chi connectivity index (χ0) is 44.8. The number of benzene rings is 1. The highest BCUT2D eigenvalue weighted by atomic mass is 16.5. The fourth-order valence-corrected chi connectivity index (χ4v) is 12.4. The van der Waals surface area contributed by atoms with Crippen molar-refractivity contribution in [2.75, 3.05) is 26.4 Å². The van der Waals surface area contributed by atoms with Crippen LogP contribution < -0.4 is 0 Å². The summed E-state index contributed by atoms with van der Waals surface area (Å²) in [4.78, 5) is 0. The van der Waals surface area contributed by atoms with E-state index < -0.39 is 0 Å². The maximum atomic E-state index is 5.25. The molecule has 370 valence electrons. The Morgan fingerprint density at radius 1 is 0.413 bits per heavy atom. The standard InChI is InChI=1S/C11H20.C10H18.C9H12.C8H16O.C8H14.C7H14.C6H12O.2CH4/c1-9(2)11-6-3-10(4-7-11)5-8-11;1-8(2)10-5-3-9(7-10)4-6-10;1-8(2)9-6-4-3-5-7-9;1-7(2)8-3-5-9-6-4-8;1-6(2)8-3-7(4-8)5-8;1-6(2)7-4-3-5-7;1-5(2)6-3-7-4-6;;/h9-10H,3-8H2,1-2H3;8-9H,3-7H2,1-2H3;3-8H,1-2H3;7-8H,3-6H2,1-2H3;6-7H,3-5H2,1-2H3;6-7H,3-5H2,1-2H3;5-6H,3-4H2,1-2H3;2*1H4. The summed E-state index contributed by atoms with van der Waals surface area (Å²) in [5, 5.41) is 0. The summed E-state index contributed by atoms with van der Waals surface area (Å²) in [7, 11) is 0. The molecule has 2 aliphatic heterocycles. The van der Waals surface area contributed by atoms with Crippen LogP contribution in [0, 0.1) is 87.3 Å². The smallest absolute Gasteiger partial charge is 0.0518 e. The van der Waals surface area contributed by atoms with Crippen LogP contribution in [0.25, 0.3) is 0 Å². The summed E-state index contributed by atoms with van der Waals surface area (Å²) in [6, 6.07) is 10.5. The van der Waals surface area contributed by atoms with Gasteiger partial charge in [0, 0.05) is 19.1 Å². The highest BCUT2D eigenvalue weighted by molar-refractivity contribution is 5.17. The van der Waals surface area contributed by atoms with Crippen LogP contribution in [-0.4, -0.2) is 26.4 Å². The minimum absolute atomic E-state index is 0. The SMILES string of the molecule is C.C.CC(C)C12CC(C1)C2.CC(C)C12CCC(CC1)C2.CC(C)C12CCC(CC1)CC2.CC(C)C1CCC1.CC(C)C1CCOCC1.CC(C)C1COC1.CC(C)c1ccccc1. The molecular formula is C61H114O2.